The molecule has 1 fully saturated rings. The van der Waals surface area contributed by atoms with E-state index in [9.17, 15) is 18.0 Å². The zero-order chi connectivity index (χ0) is 27.6. The van der Waals surface area contributed by atoms with Crippen molar-refractivity contribution in [1.82, 2.24) is 4.90 Å². The Kier molecular flexibility index (Phi) is 8.98. The average molecular weight is 704 g/mol. The summed E-state index contributed by atoms with van der Waals surface area (Å²) in [6, 6.07) is 14.4. The molecule has 2 amide bonds. The fourth-order valence-corrected chi connectivity index (χ4v) is 6.63. The first-order valence-electron chi connectivity index (χ1n) is 11.2. The first kappa shape index (κ1) is 28.8. The maximum Gasteiger partial charge on any atom is 0.339 e. The second-order valence-electron chi connectivity index (χ2n) is 8.12. The molecule has 0 saturated carbocycles. The summed E-state index contributed by atoms with van der Waals surface area (Å²) in [6.07, 6.45) is 1.55. The number of ether oxygens (including phenoxy) is 1. The van der Waals surface area contributed by atoms with Crippen molar-refractivity contribution in [3.63, 3.8) is 0 Å². The number of hydrogen-bond donors (Lipinski definition) is 0. The lowest BCUT2D eigenvalue weighted by atomic mass is 10.1. The highest BCUT2D eigenvalue weighted by molar-refractivity contribution is 14.1. The molecule has 4 rings (SSSR count). The largest absolute Gasteiger partial charge is 0.490 e. The fraction of sp³-hybridized carbons (Fsp3) is 0.154. The van der Waals surface area contributed by atoms with Gasteiger partial charge in [-0.15, -0.1) is 0 Å². The SMILES string of the molecule is CCOc1cc(/C=C2\SC(=O)N(Cc3ccc(Cl)cc3Cl)C2=O)cc(I)c1OS(=O)(=O)c1ccc(C)cc1. The number of carbonyl (C=O) groups is 2. The number of amides is 2. The third-order valence-electron chi connectivity index (χ3n) is 5.35. The lowest BCUT2D eigenvalue weighted by Crippen LogP contribution is -2.27. The van der Waals surface area contributed by atoms with Crippen LogP contribution in [0.3, 0.4) is 0 Å². The van der Waals surface area contributed by atoms with Crippen LogP contribution in [0.1, 0.15) is 23.6 Å². The fourth-order valence-electron chi connectivity index (χ4n) is 3.49. The molecule has 0 aliphatic carbocycles. The van der Waals surface area contributed by atoms with Gasteiger partial charge in [0.2, 0.25) is 0 Å². The minimum atomic E-state index is -4.12. The number of rotatable bonds is 8. The minimum absolute atomic E-state index is 0.00336. The Bertz CT molecular complexity index is 1560. The van der Waals surface area contributed by atoms with E-state index in [2.05, 4.69) is 0 Å². The molecule has 1 saturated heterocycles. The van der Waals surface area contributed by atoms with Crippen molar-refractivity contribution < 1.29 is 26.9 Å². The monoisotopic (exact) mass is 703 g/mol. The number of aryl methyl sites for hydroxylation is 1. The van der Waals surface area contributed by atoms with Gasteiger partial charge in [-0.1, -0.05) is 47.0 Å². The molecule has 38 heavy (non-hydrogen) atoms. The number of imide groups is 1. The molecule has 0 atom stereocenters. The molecule has 3 aromatic carbocycles. The summed E-state index contributed by atoms with van der Waals surface area (Å²) < 4.78 is 37.4. The summed E-state index contributed by atoms with van der Waals surface area (Å²) in [5.41, 5.74) is 2.04. The Morgan fingerprint density at radius 1 is 1.05 bits per heavy atom. The van der Waals surface area contributed by atoms with Crippen LogP contribution in [0.15, 0.2) is 64.4 Å². The van der Waals surface area contributed by atoms with E-state index in [1.165, 1.54) is 12.1 Å². The number of thioether (sulfide) groups is 1. The highest BCUT2D eigenvalue weighted by Gasteiger charge is 2.35. The number of carbonyl (C=O) groups excluding carboxylic acids is 2. The summed E-state index contributed by atoms with van der Waals surface area (Å²) in [5.74, 6) is -0.245. The van der Waals surface area contributed by atoms with Crippen LogP contribution in [-0.4, -0.2) is 31.1 Å². The minimum Gasteiger partial charge on any atom is -0.490 e. The van der Waals surface area contributed by atoms with Crippen LogP contribution in [0.25, 0.3) is 6.08 Å². The third kappa shape index (κ3) is 6.48. The maximum absolute atomic E-state index is 13.0. The molecule has 0 unspecified atom stereocenters. The lowest BCUT2D eigenvalue weighted by Gasteiger charge is -2.15. The molecule has 0 N–H and O–H groups in total. The average Bonchev–Trinajstić information content (AvgIpc) is 3.10. The van der Waals surface area contributed by atoms with Crippen LogP contribution < -0.4 is 8.92 Å². The summed E-state index contributed by atoms with van der Waals surface area (Å²) >= 11 is 14.9. The van der Waals surface area contributed by atoms with Crippen LogP contribution in [0.4, 0.5) is 4.79 Å². The van der Waals surface area contributed by atoms with Crippen LogP contribution in [0.5, 0.6) is 11.5 Å². The summed E-state index contributed by atoms with van der Waals surface area (Å²) in [6.45, 7) is 3.86. The van der Waals surface area contributed by atoms with Gasteiger partial charge in [-0.25, -0.2) is 0 Å². The second kappa shape index (κ2) is 11.9. The van der Waals surface area contributed by atoms with Gasteiger partial charge in [0.1, 0.15) is 4.90 Å². The molecular weight excluding hydrogens is 684 g/mol. The Balaban J connectivity index is 1.62. The Morgan fingerprint density at radius 2 is 1.76 bits per heavy atom. The molecule has 0 aromatic heterocycles. The van der Waals surface area contributed by atoms with E-state index in [-0.39, 0.29) is 34.5 Å². The van der Waals surface area contributed by atoms with E-state index >= 15 is 0 Å². The van der Waals surface area contributed by atoms with Crippen molar-refractivity contribution in [3.8, 4) is 11.5 Å². The molecule has 1 heterocycles. The smallest absolute Gasteiger partial charge is 0.339 e. The van der Waals surface area contributed by atoms with Crippen LogP contribution in [0, 0.1) is 10.5 Å². The van der Waals surface area contributed by atoms with E-state index in [1.807, 2.05) is 29.5 Å². The molecule has 0 bridgehead atoms. The Morgan fingerprint density at radius 3 is 2.42 bits per heavy atom. The first-order chi connectivity index (χ1) is 18.0. The van der Waals surface area contributed by atoms with Gasteiger partial charge in [-0.3, -0.25) is 14.5 Å². The zero-order valence-electron chi connectivity index (χ0n) is 20.0. The van der Waals surface area contributed by atoms with Gasteiger partial charge in [0, 0.05) is 10.0 Å². The molecular formula is C26H20Cl2INO6S2. The molecule has 0 spiro atoms. The van der Waals surface area contributed by atoms with E-state index in [4.69, 9.17) is 32.1 Å². The summed E-state index contributed by atoms with van der Waals surface area (Å²) in [4.78, 5) is 27.0. The normalized spacial score (nSPS) is 14.9. The highest BCUT2D eigenvalue weighted by Crippen LogP contribution is 2.39. The predicted octanol–water partition coefficient (Wildman–Crippen LogP) is 7.31. The zero-order valence-corrected chi connectivity index (χ0v) is 25.3. The van der Waals surface area contributed by atoms with E-state index in [0.717, 1.165) is 22.2 Å². The Labute approximate surface area is 248 Å². The van der Waals surface area contributed by atoms with Gasteiger partial charge in [0.25, 0.3) is 11.1 Å². The molecule has 12 heteroatoms. The van der Waals surface area contributed by atoms with E-state index in [1.54, 1.807) is 55.5 Å². The molecule has 198 valence electrons. The van der Waals surface area contributed by atoms with Gasteiger partial charge in [-0.05, 0) is 102 Å². The molecule has 0 radical (unpaired) electrons. The highest BCUT2D eigenvalue weighted by atomic mass is 127. The van der Waals surface area contributed by atoms with Crippen molar-refractivity contribution in [2.45, 2.75) is 25.3 Å². The van der Waals surface area contributed by atoms with Crippen LogP contribution in [0.2, 0.25) is 10.0 Å². The molecule has 1 aliphatic rings. The number of nitrogens with zero attached hydrogens (tertiary/aromatic N) is 1. The van der Waals surface area contributed by atoms with Crippen LogP contribution in [-0.2, 0) is 21.5 Å². The predicted molar refractivity (Wildman–Crippen MR) is 157 cm³/mol. The molecule has 1 aliphatic heterocycles. The summed E-state index contributed by atoms with van der Waals surface area (Å²) in [5, 5.41) is 0.371. The second-order valence-corrected chi connectivity index (χ2v) is 12.7. The Hall–Kier alpha value is -2.25. The molecule has 3 aromatic rings. The van der Waals surface area contributed by atoms with E-state index < -0.39 is 21.3 Å². The number of benzene rings is 3. The lowest BCUT2D eigenvalue weighted by molar-refractivity contribution is -0.123. The van der Waals surface area contributed by atoms with Crippen LogP contribution >= 0.6 is 57.6 Å². The number of hydrogen-bond acceptors (Lipinski definition) is 7. The van der Waals surface area contributed by atoms with Crippen molar-refractivity contribution >= 4 is 84.9 Å². The van der Waals surface area contributed by atoms with Gasteiger partial charge in [0.05, 0.1) is 21.6 Å². The molecule has 7 nitrogen and oxygen atoms in total. The third-order valence-corrected chi connectivity index (χ3v) is 8.88. The van der Waals surface area contributed by atoms with Gasteiger partial charge < -0.3 is 8.92 Å². The van der Waals surface area contributed by atoms with Gasteiger partial charge in [0.15, 0.2) is 11.5 Å². The number of halogens is 3. The maximum atomic E-state index is 13.0. The van der Waals surface area contributed by atoms with Crippen molar-refractivity contribution in [1.29, 1.82) is 0 Å². The first-order valence-corrected chi connectivity index (χ1v) is 15.2. The summed E-state index contributed by atoms with van der Waals surface area (Å²) in [7, 11) is -4.12. The topological polar surface area (TPSA) is 90.0 Å². The van der Waals surface area contributed by atoms with Crippen molar-refractivity contribution in [2.75, 3.05) is 6.61 Å². The standard InChI is InChI=1S/C26H20Cl2INO6S2/c1-3-35-22-11-16(10-21(29)24(22)36-38(33,34)19-8-4-15(2)5-9-19)12-23-25(31)30(26(32)37-23)14-17-6-7-18(27)13-20(17)28/h4-13H,3,14H2,1-2H3/b23-12-. The van der Waals surface area contributed by atoms with Crippen molar-refractivity contribution in [3.05, 3.63) is 89.8 Å². The van der Waals surface area contributed by atoms with Crippen molar-refractivity contribution in [2.24, 2.45) is 0 Å². The quantitative estimate of drug-likeness (QED) is 0.138. The van der Waals surface area contributed by atoms with E-state index in [0.29, 0.717) is 24.7 Å². The van der Waals surface area contributed by atoms with Gasteiger partial charge in [-0.2, -0.15) is 8.42 Å². The van der Waals surface area contributed by atoms with Gasteiger partial charge >= 0.3 is 10.1 Å².